The Morgan fingerprint density at radius 1 is 1.52 bits per heavy atom. The molecule has 2 unspecified atom stereocenters. The van der Waals surface area contributed by atoms with Crippen molar-refractivity contribution >= 4 is 22.0 Å². The fourth-order valence-electron chi connectivity index (χ4n) is 3.26. The fraction of sp³-hybridized carbons (Fsp3) is 0.389. The Hall–Kier alpha value is -2.60. The number of ether oxygens (including phenoxy) is 2. The van der Waals surface area contributed by atoms with Crippen LogP contribution in [0, 0.1) is 17.1 Å². The van der Waals surface area contributed by atoms with Gasteiger partial charge in [0.15, 0.2) is 0 Å². The largest absolute Gasteiger partial charge is 0.477 e. The van der Waals surface area contributed by atoms with E-state index in [1.165, 1.54) is 12.1 Å². The van der Waals surface area contributed by atoms with Crippen molar-refractivity contribution in [2.45, 2.75) is 38.3 Å². The van der Waals surface area contributed by atoms with Crippen molar-refractivity contribution in [3.63, 3.8) is 0 Å². The molecule has 1 amide bonds. The summed E-state index contributed by atoms with van der Waals surface area (Å²) >= 11 is 3.50. The molecule has 1 aromatic carbocycles. The maximum Gasteiger partial charge on any atom is 0.404 e. The molecule has 0 saturated heterocycles. The van der Waals surface area contributed by atoms with Crippen LogP contribution in [0.15, 0.2) is 22.7 Å². The van der Waals surface area contributed by atoms with Crippen LogP contribution < -0.4 is 10.5 Å². The number of hydrogen-bond donors (Lipinski definition) is 1. The zero-order valence-corrected chi connectivity index (χ0v) is 16.2. The molecule has 27 heavy (non-hydrogen) atoms. The summed E-state index contributed by atoms with van der Waals surface area (Å²) in [5, 5.41) is 13.5. The first-order valence-electron chi connectivity index (χ1n) is 8.51. The molecule has 3 rings (SSSR count). The summed E-state index contributed by atoms with van der Waals surface area (Å²) in [6.07, 6.45) is 0.935. The van der Waals surface area contributed by atoms with Gasteiger partial charge in [-0.1, -0.05) is 6.07 Å². The molecule has 1 aliphatic carbocycles. The lowest BCUT2D eigenvalue weighted by molar-refractivity contribution is 0.107. The number of hydrogen-bond acceptors (Lipinski definition) is 5. The van der Waals surface area contributed by atoms with Gasteiger partial charge in [0.2, 0.25) is 5.88 Å². The van der Waals surface area contributed by atoms with Crippen molar-refractivity contribution in [1.29, 1.82) is 5.26 Å². The van der Waals surface area contributed by atoms with Crippen molar-refractivity contribution in [1.82, 2.24) is 9.78 Å². The molecule has 2 N–H and O–H groups in total. The van der Waals surface area contributed by atoms with Gasteiger partial charge in [0.05, 0.1) is 18.2 Å². The smallest absolute Gasteiger partial charge is 0.404 e. The van der Waals surface area contributed by atoms with E-state index in [4.69, 9.17) is 20.5 Å². The number of primary amides is 1. The van der Waals surface area contributed by atoms with E-state index < -0.39 is 11.9 Å². The van der Waals surface area contributed by atoms with Crippen molar-refractivity contribution in [2.75, 3.05) is 6.61 Å². The summed E-state index contributed by atoms with van der Waals surface area (Å²) in [6.45, 7) is 2.29. The minimum atomic E-state index is -0.791. The summed E-state index contributed by atoms with van der Waals surface area (Å²) in [7, 11) is 0. The van der Waals surface area contributed by atoms with Gasteiger partial charge >= 0.3 is 6.09 Å². The molecule has 2 aromatic rings. The van der Waals surface area contributed by atoms with Crippen LogP contribution in [-0.2, 0) is 4.74 Å². The first-order valence-corrected chi connectivity index (χ1v) is 9.30. The topological polar surface area (TPSA) is 103 Å². The van der Waals surface area contributed by atoms with Gasteiger partial charge in [-0.25, -0.2) is 13.9 Å². The number of nitrogens with two attached hydrogens (primary N) is 1. The van der Waals surface area contributed by atoms with Gasteiger partial charge in [0.25, 0.3) is 0 Å². The molecule has 9 heteroatoms. The first-order chi connectivity index (χ1) is 12.9. The number of aromatic nitrogens is 2. The van der Waals surface area contributed by atoms with Crippen LogP contribution in [0.4, 0.5) is 9.18 Å². The zero-order chi connectivity index (χ0) is 19.6. The Morgan fingerprint density at radius 2 is 2.30 bits per heavy atom. The van der Waals surface area contributed by atoms with Crippen LogP contribution in [0.3, 0.4) is 0 Å². The van der Waals surface area contributed by atoms with Crippen LogP contribution in [0.25, 0.3) is 11.3 Å². The lowest BCUT2D eigenvalue weighted by Gasteiger charge is -2.15. The summed E-state index contributed by atoms with van der Waals surface area (Å²) in [4.78, 5) is 11.0. The third-order valence-corrected chi connectivity index (χ3v) is 5.16. The molecule has 2 atom stereocenters. The second-order valence-electron chi connectivity index (χ2n) is 6.18. The van der Waals surface area contributed by atoms with E-state index in [2.05, 4.69) is 21.0 Å². The summed E-state index contributed by atoms with van der Waals surface area (Å²) < 4.78 is 27.2. The predicted molar refractivity (Wildman–Crippen MR) is 98.5 cm³/mol. The van der Waals surface area contributed by atoms with E-state index in [1.807, 2.05) is 6.92 Å². The molecule has 0 spiro atoms. The van der Waals surface area contributed by atoms with E-state index >= 15 is 0 Å². The standard InChI is InChI=1S/C18H18BrFN4O3/c1-2-26-17-15(19)16(10-3-4-11(9-21)14(20)7-10)23-24(17)12-5-6-13(8-12)27-18(22)25/h3-4,7,12-13H,2,5-6,8H2,1H3,(H2,22,25). The molecule has 1 heterocycles. The Labute approximate surface area is 164 Å². The molecule has 0 aliphatic heterocycles. The number of amides is 1. The Kier molecular flexibility index (Phi) is 5.65. The average Bonchev–Trinajstić information content (AvgIpc) is 3.20. The SMILES string of the molecule is CCOc1c(Br)c(-c2ccc(C#N)c(F)c2)nn1C1CCC(OC(N)=O)C1. The van der Waals surface area contributed by atoms with Gasteiger partial charge in [0, 0.05) is 12.0 Å². The van der Waals surface area contributed by atoms with Gasteiger partial charge < -0.3 is 15.2 Å². The van der Waals surface area contributed by atoms with E-state index in [0.29, 0.717) is 41.1 Å². The number of rotatable bonds is 5. The Bertz CT molecular complexity index is 909. The van der Waals surface area contributed by atoms with Gasteiger partial charge in [-0.05, 0) is 47.8 Å². The Balaban J connectivity index is 1.96. The van der Waals surface area contributed by atoms with Crippen LogP contribution in [0.2, 0.25) is 0 Å². The normalized spacial score (nSPS) is 18.9. The number of nitriles is 1. The summed E-state index contributed by atoms with van der Waals surface area (Å²) in [5.41, 5.74) is 6.12. The van der Waals surface area contributed by atoms with Crippen molar-refractivity contribution < 1.29 is 18.7 Å². The highest BCUT2D eigenvalue weighted by Crippen LogP contribution is 2.41. The van der Waals surface area contributed by atoms with Crippen molar-refractivity contribution in [2.24, 2.45) is 5.73 Å². The summed E-state index contributed by atoms with van der Waals surface area (Å²) in [5.74, 6) is -0.0767. The third kappa shape index (κ3) is 3.90. The predicted octanol–water partition coefficient (Wildman–Crippen LogP) is 3.91. The third-order valence-electron chi connectivity index (χ3n) is 4.44. The molecule has 1 aromatic heterocycles. The minimum absolute atomic E-state index is 0.0263. The van der Waals surface area contributed by atoms with Crippen molar-refractivity contribution in [3.05, 3.63) is 34.1 Å². The zero-order valence-electron chi connectivity index (χ0n) is 14.6. The van der Waals surface area contributed by atoms with Gasteiger partial charge in [-0.15, -0.1) is 0 Å². The van der Waals surface area contributed by atoms with E-state index in [0.717, 1.165) is 6.42 Å². The van der Waals surface area contributed by atoms with Gasteiger partial charge in [-0.3, -0.25) is 0 Å². The molecule has 142 valence electrons. The van der Waals surface area contributed by atoms with Crippen LogP contribution in [0.1, 0.15) is 37.8 Å². The number of benzene rings is 1. The second-order valence-corrected chi connectivity index (χ2v) is 6.97. The van der Waals surface area contributed by atoms with Crippen LogP contribution in [0.5, 0.6) is 5.88 Å². The summed E-state index contributed by atoms with van der Waals surface area (Å²) in [6, 6.07) is 6.10. The van der Waals surface area contributed by atoms with Gasteiger partial charge in [-0.2, -0.15) is 10.4 Å². The highest BCUT2D eigenvalue weighted by molar-refractivity contribution is 9.10. The van der Waals surface area contributed by atoms with Gasteiger partial charge in [0.1, 0.15) is 28.2 Å². The lowest BCUT2D eigenvalue weighted by Crippen LogP contribution is -2.21. The number of carbonyl (C=O) groups excluding carboxylic acids is 1. The van der Waals surface area contributed by atoms with E-state index in [1.54, 1.807) is 16.8 Å². The number of halogens is 2. The number of carbonyl (C=O) groups is 1. The highest BCUT2D eigenvalue weighted by atomic mass is 79.9. The molecule has 0 bridgehead atoms. The average molecular weight is 437 g/mol. The molecule has 1 saturated carbocycles. The maximum atomic E-state index is 14.0. The van der Waals surface area contributed by atoms with E-state index in [-0.39, 0.29) is 17.7 Å². The maximum absolute atomic E-state index is 14.0. The van der Waals surface area contributed by atoms with Crippen molar-refractivity contribution in [3.8, 4) is 23.2 Å². The van der Waals surface area contributed by atoms with Crippen LogP contribution >= 0.6 is 15.9 Å². The quantitative estimate of drug-likeness (QED) is 0.764. The first kappa shape index (κ1) is 19.2. The minimum Gasteiger partial charge on any atom is -0.477 e. The lowest BCUT2D eigenvalue weighted by atomic mass is 10.1. The molecular formula is C18H18BrFN4O3. The van der Waals surface area contributed by atoms with Crippen LogP contribution in [-0.4, -0.2) is 28.6 Å². The monoisotopic (exact) mass is 436 g/mol. The molecule has 0 radical (unpaired) electrons. The van der Waals surface area contributed by atoms with E-state index in [9.17, 15) is 9.18 Å². The molecular weight excluding hydrogens is 419 g/mol. The Morgan fingerprint density at radius 3 is 2.93 bits per heavy atom. The number of nitrogens with zero attached hydrogens (tertiary/aromatic N) is 3. The molecule has 7 nitrogen and oxygen atoms in total. The molecule has 1 aliphatic rings. The second kappa shape index (κ2) is 7.96. The fourth-order valence-corrected chi connectivity index (χ4v) is 3.87. The highest BCUT2D eigenvalue weighted by Gasteiger charge is 2.32. The molecule has 1 fully saturated rings.